The number of halogens is 3. The largest absolute Gasteiger partial charge is 0.463 e. The molecule has 0 saturated carbocycles. The molecule has 0 amide bonds. The van der Waals surface area contributed by atoms with Crippen LogP contribution in [-0.4, -0.2) is 47.0 Å². The Labute approximate surface area is 228 Å². The Morgan fingerprint density at radius 1 is 1.12 bits per heavy atom. The molecule has 4 rings (SSSR count). The van der Waals surface area contributed by atoms with Gasteiger partial charge in [0.05, 0.1) is 11.5 Å². The summed E-state index contributed by atoms with van der Waals surface area (Å²) >= 11 is 0. The van der Waals surface area contributed by atoms with E-state index in [1.54, 1.807) is 43.3 Å². The van der Waals surface area contributed by atoms with Crippen molar-refractivity contribution in [3.63, 3.8) is 0 Å². The summed E-state index contributed by atoms with van der Waals surface area (Å²) in [4.78, 5) is 20.6. The summed E-state index contributed by atoms with van der Waals surface area (Å²) in [6.45, 7) is 3.39. The molecule has 2 aromatic carbocycles. The number of ether oxygens (including phenoxy) is 1. The van der Waals surface area contributed by atoms with Gasteiger partial charge in [-0.25, -0.2) is 22.9 Å². The van der Waals surface area contributed by atoms with Gasteiger partial charge in [-0.2, -0.15) is 23.3 Å². The average Bonchev–Trinajstić information content (AvgIpc) is 3.29. The van der Waals surface area contributed by atoms with Gasteiger partial charge in [-0.05, 0) is 61.4 Å². The Hall–Kier alpha value is -4.52. The molecule has 0 bridgehead atoms. The third-order valence-corrected chi connectivity index (χ3v) is 6.67. The molecule has 0 saturated heterocycles. The molecule has 9 nitrogen and oxygen atoms in total. The van der Waals surface area contributed by atoms with Crippen LogP contribution < -0.4 is 5.32 Å². The first-order chi connectivity index (χ1) is 18.8. The zero-order valence-electron chi connectivity index (χ0n) is 21.6. The summed E-state index contributed by atoms with van der Waals surface area (Å²) in [5.74, 6) is -0.457. The Morgan fingerprint density at radius 3 is 2.55 bits per heavy atom. The summed E-state index contributed by atoms with van der Waals surface area (Å²) in [5, 5.41) is 6.66. The molecule has 4 aromatic rings. The number of alkyl halides is 3. The second kappa shape index (κ2) is 11.3. The van der Waals surface area contributed by atoms with Crippen molar-refractivity contribution in [1.82, 2.24) is 19.7 Å². The van der Waals surface area contributed by atoms with Crippen molar-refractivity contribution in [3.05, 3.63) is 83.8 Å². The molecule has 0 radical (unpaired) electrons. The highest BCUT2D eigenvalue weighted by Gasteiger charge is 2.35. The number of aryl methyl sites for hydroxylation is 1. The van der Waals surface area contributed by atoms with E-state index in [9.17, 15) is 26.4 Å². The smallest absolute Gasteiger partial charge is 0.435 e. The van der Waals surface area contributed by atoms with Gasteiger partial charge in [0.1, 0.15) is 0 Å². The molecular weight excluding hydrogens is 547 g/mol. The summed E-state index contributed by atoms with van der Waals surface area (Å²) in [5.41, 5.74) is 0.994. The van der Waals surface area contributed by atoms with E-state index in [0.717, 1.165) is 17.0 Å². The summed E-state index contributed by atoms with van der Waals surface area (Å²) in [6.07, 6.45) is 0.644. The number of hydrogen-bond donors (Lipinski definition) is 1. The number of esters is 1. The number of nitrogens with one attached hydrogen (secondary N) is 1. The van der Waals surface area contributed by atoms with Crippen molar-refractivity contribution in [2.24, 2.45) is 0 Å². The van der Waals surface area contributed by atoms with Gasteiger partial charge in [0, 0.05) is 35.5 Å². The second-order valence-corrected chi connectivity index (χ2v) is 10.7. The molecular formula is C27H24F3N5O4S. The first-order valence-corrected chi connectivity index (χ1v) is 13.8. The molecule has 0 atom stereocenters. The normalized spacial score (nSPS) is 12.1. The van der Waals surface area contributed by atoms with Crippen molar-refractivity contribution in [2.45, 2.75) is 24.9 Å². The quantitative estimate of drug-likeness (QED) is 0.221. The van der Waals surface area contributed by atoms with Crippen molar-refractivity contribution in [1.29, 1.82) is 0 Å². The Morgan fingerprint density at radius 2 is 1.88 bits per heavy atom. The molecule has 0 aliphatic heterocycles. The molecule has 40 heavy (non-hydrogen) atoms. The van der Waals surface area contributed by atoms with E-state index in [0.29, 0.717) is 22.4 Å². The third-order valence-electron chi connectivity index (χ3n) is 5.56. The maximum Gasteiger partial charge on any atom is 0.435 e. The van der Waals surface area contributed by atoms with Crippen LogP contribution in [0.2, 0.25) is 0 Å². The lowest BCUT2D eigenvalue weighted by Crippen LogP contribution is -2.10. The first-order valence-electron chi connectivity index (χ1n) is 11.9. The van der Waals surface area contributed by atoms with Gasteiger partial charge in [-0.1, -0.05) is 24.3 Å². The number of benzene rings is 2. The number of hydrogen-bond acceptors (Lipinski definition) is 8. The lowest BCUT2D eigenvalue weighted by molar-refractivity contribution is -0.141. The standard InChI is InChI=1S/C27H24F3N5O4S/c1-4-39-24(36)12-11-18-7-5-8-19(14-18)22-16-31-26(32-20-9-6-10-21(15-20)40(3,37)38)33-25(22)35-17(2)13-23(34-35)27(28,29)30/h5-16H,4H2,1-3H3,(H,31,32,33). The van der Waals surface area contributed by atoms with Gasteiger partial charge in [-0.15, -0.1) is 0 Å². The molecule has 2 aromatic heterocycles. The van der Waals surface area contributed by atoms with Gasteiger partial charge in [0.15, 0.2) is 21.3 Å². The second-order valence-electron chi connectivity index (χ2n) is 8.65. The SMILES string of the molecule is CCOC(=O)C=Cc1cccc(-c2cnc(Nc3cccc(S(C)(=O)=O)c3)nc2-n2nc(C(F)(F)F)cc2C)c1. The molecule has 2 heterocycles. The van der Waals surface area contributed by atoms with Gasteiger partial charge in [0.25, 0.3) is 0 Å². The van der Waals surface area contributed by atoms with Crippen LogP contribution in [0.15, 0.2) is 71.8 Å². The fourth-order valence-corrected chi connectivity index (χ4v) is 4.39. The molecule has 0 unspecified atom stereocenters. The molecule has 1 N–H and O–H groups in total. The van der Waals surface area contributed by atoms with E-state index in [2.05, 4.69) is 20.4 Å². The van der Waals surface area contributed by atoms with Crippen LogP contribution in [0, 0.1) is 6.92 Å². The monoisotopic (exact) mass is 571 g/mol. The van der Waals surface area contributed by atoms with Crippen LogP contribution >= 0.6 is 0 Å². The predicted octanol–water partition coefficient (Wildman–Crippen LogP) is 5.38. The number of anilines is 2. The maximum absolute atomic E-state index is 13.5. The van der Waals surface area contributed by atoms with Crippen molar-refractivity contribution in [2.75, 3.05) is 18.2 Å². The van der Waals surface area contributed by atoms with Crippen molar-refractivity contribution >= 4 is 33.5 Å². The third kappa shape index (κ3) is 6.72. The van der Waals surface area contributed by atoms with E-state index in [-0.39, 0.29) is 29.0 Å². The highest BCUT2D eigenvalue weighted by molar-refractivity contribution is 7.90. The lowest BCUT2D eigenvalue weighted by atomic mass is 10.0. The highest BCUT2D eigenvalue weighted by atomic mass is 32.2. The van der Waals surface area contributed by atoms with E-state index in [4.69, 9.17) is 4.74 Å². The molecule has 0 spiro atoms. The number of rotatable bonds is 8. The minimum atomic E-state index is -4.67. The number of nitrogens with zero attached hydrogens (tertiary/aromatic N) is 4. The summed E-state index contributed by atoms with van der Waals surface area (Å²) in [6, 6.07) is 13.8. The highest BCUT2D eigenvalue weighted by Crippen LogP contribution is 2.32. The van der Waals surface area contributed by atoms with E-state index < -0.39 is 27.7 Å². The molecule has 0 aliphatic rings. The van der Waals surface area contributed by atoms with Crippen molar-refractivity contribution in [3.8, 4) is 16.9 Å². The fourth-order valence-electron chi connectivity index (χ4n) is 3.72. The van der Waals surface area contributed by atoms with E-state index in [1.807, 2.05) is 0 Å². The maximum atomic E-state index is 13.5. The Bertz CT molecular complexity index is 1700. The zero-order chi connectivity index (χ0) is 29.1. The lowest BCUT2D eigenvalue weighted by Gasteiger charge is -2.14. The predicted molar refractivity (Wildman–Crippen MR) is 143 cm³/mol. The molecule has 13 heteroatoms. The molecule has 0 aliphatic carbocycles. The summed E-state index contributed by atoms with van der Waals surface area (Å²) in [7, 11) is -3.48. The number of sulfone groups is 1. The average molecular weight is 572 g/mol. The van der Waals surface area contributed by atoms with Gasteiger partial charge >= 0.3 is 12.1 Å². The Balaban J connectivity index is 1.81. The van der Waals surface area contributed by atoms with Crippen LogP contribution in [0.1, 0.15) is 23.9 Å². The van der Waals surface area contributed by atoms with E-state index in [1.165, 1.54) is 37.4 Å². The minimum Gasteiger partial charge on any atom is -0.463 e. The van der Waals surface area contributed by atoms with Crippen LogP contribution in [0.25, 0.3) is 23.0 Å². The van der Waals surface area contributed by atoms with Gasteiger partial charge < -0.3 is 10.1 Å². The van der Waals surface area contributed by atoms with E-state index >= 15 is 0 Å². The van der Waals surface area contributed by atoms with Gasteiger partial charge in [0.2, 0.25) is 5.95 Å². The van der Waals surface area contributed by atoms with Crippen LogP contribution in [0.4, 0.5) is 24.8 Å². The molecule has 208 valence electrons. The Kier molecular flexibility index (Phi) is 8.05. The summed E-state index contributed by atoms with van der Waals surface area (Å²) < 4.78 is 70.3. The number of aromatic nitrogens is 4. The molecule has 0 fully saturated rings. The zero-order valence-corrected chi connectivity index (χ0v) is 22.4. The van der Waals surface area contributed by atoms with Gasteiger partial charge in [-0.3, -0.25) is 0 Å². The van der Waals surface area contributed by atoms with Crippen LogP contribution in [-0.2, 0) is 25.5 Å². The van der Waals surface area contributed by atoms with Crippen LogP contribution in [0.3, 0.4) is 0 Å². The first kappa shape index (κ1) is 28.5. The minimum absolute atomic E-state index is 0.00576. The topological polar surface area (TPSA) is 116 Å². The van der Waals surface area contributed by atoms with Crippen LogP contribution in [0.5, 0.6) is 0 Å². The number of carbonyl (C=O) groups is 1. The fraction of sp³-hybridized carbons (Fsp3) is 0.185. The number of carbonyl (C=O) groups excluding carboxylic acids is 1. The van der Waals surface area contributed by atoms with Crippen molar-refractivity contribution < 1.29 is 31.1 Å².